The Balaban J connectivity index is 2.32. The molecular weight excluding hydrogens is 242 g/mol. The minimum atomic E-state index is -0.632. The van der Waals surface area contributed by atoms with Gasteiger partial charge in [-0.3, -0.25) is 4.79 Å². The van der Waals surface area contributed by atoms with Crippen LogP contribution in [0.2, 0.25) is 0 Å². The van der Waals surface area contributed by atoms with Crippen LogP contribution in [0.4, 0.5) is 0 Å². The summed E-state index contributed by atoms with van der Waals surface area (Å²) in [7, 11) is 1.29. The van der Waals surface area contributed by atoms with Crippen molar-refractivity contribution >= 4 is 23.9 Å². The largest absolute Gasteiger partial charge is 0.467 e. The molecule has 0 spiro atoms. The Morgan fingerprint density at radius 3 is 2.94 bits per heavy atom. The summed E-state index contributed by atoms with van der Waals surface area (Å²) in [5.74, 6) is -0.754. The number of methoxy groups -OCH3 is 1. The van der Waals surface area contributed by atoms with Crippen LogP contribution in [0.1, 0.15) is 19.8 Å². The van der Waals surface area contributed by atoms with E-state index in [9.17, 15) is 9.59 Å². The van der Waals surface area contributed by atoms with E-state index in [-0.39, 0.29) is 11.2 Å². The molecule has 1 saturated heterocycles. The lowest BCUT2D eigenvalue weighted by atomic mass is 10.2. The third kappa shape index (κ3) is 5.23. The lowest BCUT2D eigenvalue weighted by Crippen LogP contribution is -2.38. The number of hydrogen-bond acceptors (Lipinski definition) is 5. The maximum atomic E-state index is 11.5. The first-order valence-corrected chi connectivity index (χ1v) is 6.28. The van der Waals surface area contributed by atoms with Crippen molar-refractivity contribution in [1.29, 1.82) is 0 Å². The van der Waals surface area contributed by atoms with Crippen LogP contribution in [0.5, 0.6) is 0 Å². The Kier molecular flexibility index (Phi) is 6.07. The van der Waals surface area contributed by atoms with Gasteiger partial charge in [0, 0.05) is 11.3 Å². The maximum absolute atomic E-state index is 11.5. The molecule has 1 aliphatic heterocycles. The Labute approximate surface area is 105 Å². The van der Waals surface area contributed by atoms with Crippen LogP contribution in [0, 0.1) is 0 Å². The van der Waals surface area contributed by atoms with Gasteiger partial charge < -0.3 is 14.2 Å². The lowest BCUT2D eigenvalue weighted by Gasteiger charge is -2.17. The second-order valence-electron chi connectivity index (χ2n) is 3.71. The van der Waals surface area contributed by atoms with Gasteiger partial charge in [-0.1, -0.05) is 6.08 Å². The van der Waals surface area contributed by atoms with E-state index < -0.39 is 12.0 Å². The minimum absolute atomic E-state index is 0.211. The van der Waals surface area contributed by atoms with Crippen LogP contribution in [0.25, 0.3) is 0 Å². The number of amides is 1. The zero-order valence-corrected chi connectivity index (χ0v) is 10.8. The van der Waals surface area contributed by atoms with Crippen LogP contribution in [0.15, 0.2) is 12.2 Å². The molecule has 96 valence electrons. The molecule has 0 aromatic heterocycles. The first kappa shape index (κ1) is 14.1. The van der Waals surface area contributed by atoms with Gasteiger partial charge >= 0.3 is 5.97 Å². The van der Waals surface area contributed by atoms with Gasteiger partial charge in [0.05, 0.1) is 13.7 Å². The van der Waals surface area contributed by atoms with Gasteiger partial charge in [0.25, 0.3) is 0 Å². The Morgan fingerprint density at radius 2 is 2.35 bits per heavy atom. The minimum Gasteiger partial charge on any atom is -0.467 e. The van der Waals surface area contributed by atoms with Gasteiger partial charge in [0.15, 0.2) is 0 Å². The van der Waals surface area contributed by atoms with E-state index in [0.29, 0.717) is 0 Å². The quantitative estimate of drug-likeness (QED) is 0.464. The van der Waals surface area contributed by atoms with Crippen molar-refractivity contribution < 1.29 is 18.5 Å². The smallest absolute Gasteiger partial charge is 0.328 e. The summed E-state index contributed by atoms with van der Waals surface area (Å²) in [6.07, 6.45) is 5.23. The molecule has 0 bridgehead atoms. The van der Waals surface area contributed by atoms with E-state index in [0.717, 1.165) is 19.4 Å². The van der Waals surface area contributed by atoms with Crippen molar-refractivity contribution in [3.8, 4) is 0 Å². The highest BCUT2D eigenvalue weighted by molar-refractivity contribution is 7.95. The van der Waals surface area contributed by atoms with E-state index in [2.05, 4.69) is 10.1 Å². The average molecular weight is 259 g/mol. The fourth-order valence-electron chi connectivity index (χ4n) is 1.35. The van der Waals surface area contributed by atoms with Crippen LogP contribution in [-0.4, -0.2) is 36.9 Å². The summed E-state index contributed by atoms with van der Waals surface area (Å²) in [6.45, 7) is 2.34. The normalized spacial score (nSPS) is 22.1. The van der Waals surface area contributed by atoms with Crippen molar-refractivity contribution in [3.63, 3.8) is 0 Å². The molecule has 0 saturated carbocycles. The molecule has 5 nitrogen and oxygen atoms in total. The third-order valence-electron chi connectivity index (χ3n) is 2.28. The topological polar surface area (TPSA) is 64.6 Å². The highest BCUT2D eigenvalue weighted by Gasteiger charge is 2.15. The van der Waals surface area contributed by atoms with Crippen molar-refractivity contribution in [2.75, 3.05) is 13.7 Å². The van der Waals surface area contributed by atoms with Gasteiger partial charge in [-0.2, -0.15) is 0 Å². The standard InChI is InChI=1S/C11H17NO4S/c1-8(11(14)15-2)12-10(13)6-5-9-4-3-7-16-17-9/h5-6,8-9H,3-4,7H2,1-2H3,(H,12,13)/b6-5+. The van der Waals surface area contributed by atoms with Crippen molar-refractivity contribution in [1.82, 2.24) is 5.32 Å². The Morgan fingerprint density at radius 1 is 1.59 bits per heavy atom. The predicted octanol–water partition coefficient (Wildman–Crippen LogP) is 1.05. The van der Waals surface area contributed by atoms with Gasteiger partial charge in [0.2, 0.25) is 5.91 Å². The summed E-state index contributed by atoms with van der Waals surface area (Å²) in [5, 5.41) is 2.73. The zero-order chi connectivity index (χ0) is 12.7. The highest BCUT2D eigenvalue weighted by Crippen LogP contribution is 2.24. The molecule has 1 N–H and O–H groups in total. The van der Waals surface area contributed by atoms with E-state index in [1.807, 2.05) is 0 Å². The second-order valence-corrected chi connectivity index (χ2v) is 4.75. The fourth-order valence-corrected chi connectivity index (χ4v) is 2.14. The fraction of sp³-hybridized carbons (Fsp3) is 0.636. The third-order valence-corrected chi connectivity index (χ3v) is 3.23. The van der Waals surface area contributed by atoms with E-state index in [1.165, 1.54) is 25.2 Å². The molecule has 1 fully saturated rings. The van der Waals surface area contributed by atoms with E-state index in [1.54, 1.807) is 13.0 Å². The molecule has 0 aromatic rings. The van der Waals surface area contributed by atoms with Gasteiger partial charge in [0.1, 0.15) is 6.04 Å². The van der Waals surface area contributed by atoms with Gasteiger partial charge in [-0.15, -0.1) is 0 Å². The number of nitrogens with one attached hydrogen (secondary N) is 1. The Hall–Kier alpha value is -1.01. The van der Waals surface area contributed by atoms with Crippen molar-refractivity contribution in [2.24, 2.45) is 0 Å². The molecule has 17 heavy (non-hydrogen) atoms. The zero-order valence-electron chi connectivity index (χ0n) is 9.97. The number of hydrogen-bond donors (Lipinski definition) is 1. The van der Waals surface area contributed by atoms with E-state index in [4.69, 9.17) is 4.18 Å². The molecule has 6 heteroatoms. The number of ether oxygens (including phenoxy) is 1. The molecule has 1 heterocycles. The van der Waals surface area contributed by atoms with Crippen LogP contribution >= 0.6 is 12.0 Å². The Bertz CT molecular complexity index is 300. The van der Waals surface area contributed by atoms with E-state index >= 15 is 0 Å². The van der Waals surface area contributed by atoms with Gasteiger partial charge in [-0.05, 0) is 31.8 Å². The van der Waals surface area contributed by atoms with Crippen molar-refractivity contribution in [3.05, 3.63) is 12.2 Å². The van der Waals surface area contributed by atoms with Crippen LogP contribution in [0.3, 0.4) is 0 Å². The van der Waals surface area contributed by atoms with Crippen LogP contribution in [-0.2, 0) is 18.5 Å². The maximum Gasteiger partial charge on any atom is 0.328 e. The first-order valence-electron chi connectivity index (χ1n) is 5.48. The van der Waals surface area contributed by atoms with Crippen molar-refractivity contribution in [2.45, 2.75) is 31.1 Å². The predicted molar refractivity (Wildman–Crippen MR) is 65.3 cm³/mol. The first-order chi connectivity index (χ1) is 8.13. The molecule has 0 aromatic carbocycles. The molecule has 0 radical (unpaired) electrons. The number of esters is 1. The summed E-state index contributed by atoms with van der Waals surface area (Å²) in [5.41, 5.74) is 0. The summed E-state index contributed by atoms with van der Waals surface area (Å²) in [4.78, 5) is 22.5. The lowest BCUT2D eigenvalue weighted by molar-refractivity contribution is -0.144. The summed E-state index contributed by atoms with van der Waals surface area (Å²) >= 11 is 1.38. The summed E-state index contributed by atoms with van der Waals surface area (Å²) in [6, 6.07) is -0.632. The number of rotatable bonds is 4. The molecule has 1 aliphatic rings. The molecule has 1 amide bonds. The molecule has 1 rings (SSSR count). The molecule has 2 unspecified atom stereocenters. The molecule has 2 atom stereocenters. The SMILES string of the molecule is COC(=O)C(C)NC(=O)/C=C/C1CCCOS1. The molecular formula is C11H17NO4S. The highest BCUT2D eigenvalue weighted by atomic mass is 32.2. The molecule has 0 aliphatic carbocycles. The number of carbonyl (C=O) groups excluding carboxylic acids is 2. The summed E-state index contributed by atoms with van der Waals surface area (Å²) < 4.78 is 9.72. The second kappa shape index (κ2) is 7.34. The van der Waals surface area contributed by atoms with Gasteiger partial charge in [-0.25, -0.2) is 4.79 Å². The van der Waals surface area contributed by atoms with Crippen LogP contribution < -0.4 is 5.32 Å². The number of carbonyl (C=O) groups is 2. The average Bonchev–Trinajstić information content (AvgIpc) is 2.36. The monoisotopic (exact) mass is 259 g/mol.